The van der Waals surface area contributed by atoms with Gasteiger partial charge < -0.3 is 0 Å². The molecule has 116 valence electrons. The number of hydrogen-bond donors (Lipinski definition) is 0. The van der Waals surface area contributed by atoms with Crippen molar-refractivity contribution in [2.75, 3.05) is 0 Å². The van der Waals surface area contributed by atoms with Crippen LogP contribution in [0.25, 0.3) is 22.4 Å². The number of imidazole rings is 1. The monoisotopic (exact) mass is 408 g/mol. The molecule has 0 atom stereocenters. The lowest BCUT2D eigenvalue weighted by Gasteiger charge is -2.08. The Morgan fingerprint density at radius 1 is 0.913 bits per heavy atom. The summed E-state index contributed by atoms with van der Waals surface area (Å²) in [4.78, 5) is 17.0. The summed E-state index contributed by atoms with van der Waals surface area (Å²) in [5, 5.41) is -0.0521. The predicted molar refractivity (Wildman–Crippen MR) is 89.9 cm³/mol. The Morgan fingerprint density at radius 3 is 2.17 bits per heavy atom. The first-order valence-electron chi connectivity index (χ1n) is 6.11. The smallest absolute Gasteiger partial charge is 0.266 e. The van der Waals surface area contributed by atoms with Crippen molar-refractivity contribution in [1.29, 1.82) is 0 Å². The molecule has 0 aliphatic carbocycles. The third-order valence-electron chi connectivity index (χ3n) is 3.60. The van der Waals surface area contributed by atoms with Crippen LogP contribution in [0.1, 0.15) is 10.4 Å². The molecule has 1 aromatic heterocycles. The molecule has 0 N–H and O–H groups in total. The average Bonchev–Trinajstić information content (AvgIpc) is 2.99. The van der Waals surface area contributed by atoms with Crippen LogP contribution in [0.2, 0.25) is 25.1 Å². The van der Waals surface area contributed by atoms with E-state index in [0.29, 0.717) is 5.52 Å². The first-order valence-corrected chi connectivity index (χ1v) is 8.00. The standard InChI is InChI=1S/C14H2Cl5FN2O/c15-3-1-5-6(2-4(3)20)22-13(21-5)7-8(14(22)23)10(17)12(19)11(18)9(7)16/h1-2H. The van der Waals surface area contributed by atoms with Gasteiger partial charge in [0, 0.05) is 6.07 Å². The van der Waals surface area contributed by atoms with Gasteiger partial charge in [-0.2, -0.15) is 0 Å². The minimum Gasteiger partial charge on any atom is -0.268 e. The molecule has 9 heteroatoms. The van der Waals surface area contributed by atoms with Crippen LogP contribution < -0.4 is 0 Å². The van der Waals surface area contributed by atoms with Gasteiger partial charge in [-0.3, -0.25) is 9.36 Å². The minimum absolute atomic E-state index is 0.0188. The highest BCUT2D eigenvalue weighted by atomic mass is 35.5. The Hall–Kier alpha value is -1.04. The number of aromatic nitrogens is 2. The average molecular weight is 410 g/mol. The molecule has 1 aliphatic rings. The zero-order valence-corrected chi connectivity index (χ0v) is 14.5. The third kappa shape index (κ3) is 1.90. The summed E-state index contributed by atoms with van der Waals surface area (Å²) < 4.78 is 15.0. The van der Waals surface area contributed by atoms with Crippen molar-refractivity contribution < 1.29 is 9.18 Å². The molecule has 0 unspecified atom stereocenters. The van der Waals surface area contributed by atoms with Crippen molar-refractivity contribution in [2.24, 2.45) is 0 Å². The topological polar surface area (TPSA) is 34.9 Å². The molecular weight excluding hydrogens is 408 g/mol. The molecule has 0 saturated heterocycles. The van der Waals surface area contributed by atoms with Crippen molar-refractivity contribution >= 4 is 74.9 Å². The molecule has 0 saturated carbocycles. The number of carbonyl (C=O) groups is 1. The van der Waals surface area contributed by atoms with Gasteiger partial charge in [0.25, 0.3) is 5.91 Å². The highest BCUT2D eigenvalue weighted by Crippen LogP contribution is 2.49. The summed E-state index contributed by atoms with van der Waals surface area (Å²) in [5.41, 5.74) is 0.959. The first-order chi connectivity index (χ1) is 10.8. The van der Waals surface area contributed by atoms with Gasteiger partial charge in [0.05, 0.1) is 47.3 Å². The van der Waals surface area contributed by atoms with Crippen LogP contribution in [0.5, 0.6) is 0 Å². The Morgan fingerprint density at radius 2 is 1.52 bits per heavy atom. The van der Waals surface area contributed by atoms with Crippen molar-refractivity contribution in [3.8, 4) is 11.4 Å². The summed E-state index contributed by atoms with van der Waals surface area (Å²) in [6, 6.07) is 2.46. The summed E-state index contributed by atoms with van der Waals surface area (Å²) in [6.07, 6.45) is 0. The molecule has 23 heavy (non-hydrogen) atoms. The molecular formula is C14H2Cl5FN2O. The number of rotatable bonds is 0. The van der Waals surface area contributed by atoms with Gasteiger partial charge in [-0.15, -0.1) is 0 Å². The van der Waals surface area contributed by atoms with E-state index in [0.717, 1.165) is 6.07 Å². The summed E-state index contributed by atoms with van der Waals surface area (Å²) in [7, 11) is 0. The number of fused-ring (bicyclic) bond motifs is 5. The maximum absolute atomic E-state index is 13.8. The lowest BCUT2D eigenvalue weighted by Crippen LogP contribution is -2.06. The zero-order valence-electron chi connectivity index (χ0n) is 10.7. The molecule has 0 bridgehead atoms. The molecule has 2 heterocycles. The van der Waals surface area contributed by atoms with E-state index in [1.54, 1.807) is 0 Å². The summed E-state index contributed by atoms with van der Waals surface area (Å²) in [6.45, 7) is 0. The molecule has 3 nitrogen and oxygen atoms in total. The lowest BCUT2D eigenvalue weighted by atomic mass is 10.1. The molecule has 0 fully saturated rings. The van der Waals surface area contributed by atoms with Gasteiger partial charge in [0.2, 0.25) is 0 Å². The number of hydrogen-bond acceptors (Lipinski definition) is 2. The zero-order chi connectivity index (χ0) is 16.6. The van der Waals surface area contributed by atoms with E-state index in [1.807, 2.05) is 0 Å². The molecule has 1 aliphatic heterocycles. The Kier molecular flexibility index (Phi) is 3.35. The maximum atomic E-state index is 13.8. The second-order valence-corrected chi connectivity index (χ2v) is 6.76. The fourth-order valence-electron chi connectivity index (χ4n) is 2.60. The lowest BCUT2D eigenvalue weighted by molar-refractivity contribution is 0.0973. The van der Waals surface area contributed by atoms with Crippen LogP contribution in [-0.4, -0.2) is 15.5 Å². The Balaban J connectivity index is 2.18. The molecule has 2 aromatic carbocycles. The third-order valence-corrected chi connectivity index (χ3v) is 5.70. The van der Waals surface area contributed by atoms with Crippen molar-refractivity contribution in [3.63, 3.8) is 0 Å². The number of nitrogens with zero attached hydrogens (tertiary/aromatic N) is 2. The highest BCUT2D eigenvalue weighted by molar-refractivity contribution is 6.54. The number of carbonyl (C=O) groups excluding carboxylic acids is 1. The Bertz CT molecular complexity index is 1060. The molecule has 0 amide bonds. The minimum atomic E-state index is -0.668. The van der Waals surface area contributed by atoms with Gasteiger partial charge in [-0.05, 0) is 6.07 Å². The fourth-order valence-corrected chi connectivity index (χ4v) is 3.78. The van der Waals surface area contributed by atoms with Crippen molar-refractivity contribution in [3.05, 3.63) is 48.6 Å². The van der Waals surface area contributed by atoms with Gasteiger partial charge in [0.15, 0.2) is 5.82 Å². The second kappa shape index (κ2) is 4.98. The van der Waals surface area contributed by atoms with Crippen molar-refractivity contribution in [1.82, 2.24) is 9.55 Å². The molecule has 3 aromatic rings. The van der Waals surface area contributed by atoms with E-state index in [9.17, 15) is 9.18 Å². The van der Waals surface area contributed by atoms with E-state index >= 15 is 0 Å². The van der Waals surface area contributed by atoms with Crippen LogP contribution in [0.3, 0.4) is 0 Å². The van der Waals surface area contributed by atoms with Crippen LogP contribution in [0.4, 0.5) is 4.39 Å². The SMILES string of the molecule is O=C1c2c(Cl)c(Cl)c(Cl)c(Cl)c2-c2nc3cc(Cl)c(F)cc3n21. The van der Waals surface area contributed by atoms with E-state index in [-0.39, 0.29) is 47.6 Å². The van der Waals surface area contributed by atoms with Crippen LogP contribution >= 0.6 is 58.0 Å². The maximum Gasteiger partial charge on any atom is 0.266 e. The van der Waals surface area contributed by atoms with Gasteiger partial charge >= 0.3 is 0 Å². The van der Waals surface area contributed by atoms with Crippen molar-refractivity contribution in [2.45, 2.75) is 0 Å². The van der Waals surface area contributed by atoms with Gasteiger partial charge in [-0.1, -0.05) is 58.0 Å². The summed E-state index contributed by atoms with van der Waals surface area (Å²) in [5.74, 6) is -0.962. The van der Waals surface area contributed by atoms with Crippen LogP contribution in [0, 0.1) is 5.82 Å². The predicted octanol–water partition coefficient (Wildman–Crippen LogP) is 6.11. The van der Waals surface area contributed by atoms with Gasteiger partial charge in [-0.25, -0.2) is 9.37 Å². The van der Waals surface area contributed by atoms with Crippen LogP contribution in [0.15, 0.2) is 12.1 Å². The van der Waals surface area contributed by atoms with E-state index in [4.69, 9.17) is 58.0 Å². The molecule has 4 rings (SSSR count). The van der Waals surface area contributed by atoms with E-state index < -0.39 is 11.7 Å². The van der Waals surface area contributed by atoms with Crippen LogP contribution in [-0.2, 0) is 0 Å². The van der Waals surface area contributed by atoms with E-state index in [2.05, 4.69) is 4.98 Å². The fraction of sp³-hybridized carbons (Fsp3) is 0. The highest BCUT2D eigenvalue weighted by Gasteiger charge is 2.37. The molecule has 0 spiro atoms. The second-order valence-electron chi connectivity index (χ2n) is 4.84. The van der Waals surface area contributed by atoms with E-state index in [1.165, 1.54) is 10.6 Å². The largest absolute Gasteiger partial charge is 0.268 e. The number of benzene rings is 2. The normalized spacial score (nSPS) is 12.9. The first kappa shape index (κ1) is 15.5. The quantitative estimate of drug-likeness (QED) is 0.259. The van der Waals surface area contributed by atoms with Gasteiger partial charge in [0.1, 0.15) is 5.82 Å². The number of halogens is 6. The summed E-state index contributed by atoms with van der Waals surface area (Å²) >= 11 is 30.2. The Labute approximate surface area is 153 Å². The molecule has 0 radical (unpaired) electrons.